The molecule has 3 nitrogen and oxygen atoms in total. The number of hydrogen-bond acceptors (Lipinski definition) is 2. The molecule has 0 amide bonds. The normalized spacial score (nSPS) is 11.2. The molecule has 0 aliphatic carbocycles. The second-order valence-electron chi connectivity index (χ2n) is 4.64. The molecule has 2 aromatic rings. The van der Waals surface area contributed by atoms with Gasteiger partial charge in [0.2, 0.25) is 0 Å². The maximum absolute atomic E-state index is 6.16. The maximum atomic E-state index is 6.16. The van der Waals surface area contributed by atoms with E-state index in [0.717, 1.165) is 23.7 Å². The molecule has 4 heteroatoms. The minimum Gasteiger partial charge on any atom is -0.298 e. The summed E-state index contributed by atoms with van der Waals surface area (Å²) in [6.07, 6.45) is 1.93. The fraction of sp³-hybridized carbons (Fsp3) is 0.357. The van der Waals surface area contributed by atoms with Gasteiger partial charge < -0.3 is 0 Å². The van der Waals surface area contributed by atoms with Crippen molar-refractivity contribution in [1.29, 1.82) is 0 Å². The second kappa shape index (κ2) is 5.55. The minimum atomic E-state index is 0.826. The smallest absolute Gasteiger partial charge is 0.0537 e. The van der Waals surface area contributed by atoms with E-state index in [0.29, 0.717) is 0 Å². The van der Waals surface area contributed by atoms with Crippen LogP contribution in [0.1, 0.15) is 16.8 Å². The largest absolute Gasteiger partial charge is 0.298 e. The minimum absolute atomic E-state index is 0.826. The lowest BCUT2D eigenvalue weighted by molar-refractivity contribution is 0.318. The van der Waals surface area contributed by atoms with Crippen LogP contribution in [-0.4, -0.2) is 21.7 Å². The molecule has 0 fully saturated rings. The van der Waals surface area contributed by atoms with Gasteiger partial charge in [-0.15, -0.1) is 0 Å². The Balaban J connectivity index is 2.03. The summed E-state index contributed by atoms with van der Waals surface area (Å²) in [7, 11) is 4.06. The summed E-state index contributed by atoms with van der Waals surface area (Å²) in [6, 6.07) is 7.97. The fourth-order valence-electron chi connectivity index (χ4n) is 1.96. The summed E-state index contributed by atoms with van der Waals surface area (Å²) in [6.45, 7) is 3.81. The van der Waals surface area contributed by atoms with Crippen molar-refractivity contribution in [2.45, 2.75) is 20.0 Å². The first-order valence-electron chi connectivity index (χ1n) is 5.97. The van der Waals surface area contributed by atoms with Crippen LogP contribution in [0.4, 0.5) is 0 Å². The summed E-state index contributed by atoms with van der Waals surface area (Å²) in [5.74, 6) is 0. The van der Waals surface area contributed by atoms with Gasteiger partial charge >= 0.3 is 0 Å². The van der Waals surface area contributed by atoms with Gasteiger partial charge in [-0.3, -0.25) is 9.58 Å². The molecule has 0 N–H and O–H groups in total. The zero-order valence-corrected chi connectivity index (χ0v) is 11.8. The molecule has 1 aromatic heterocycles. The molecule has 18 heavy (non-hydrogen) atoms. The van der Waals surface area contributed by atoms with Gasteiger partial charge in [-0.05, 0) is 25.6 Å². The Morgan fingerprint density at radius 2 is 1.89 bits per heavy atom. The molecule has 0 atom stereocenters. The Kier molecular flexibility index (Phi) is 4.04. The first kappa shape index (κ1) is 13.1. The van der Waals surface area contributed by atoms with Gasteiger partial charge in [-0.1, -0.05) is 29.8 Å². The van der Waals surface area contributed by atoms with Crippen molar-refractivity contribution >= 4 is 11.6 Å². The number of halogens is 1. The number of aromatic nitrogens is 2. The second-order valence-corrected chi connectivity index (χ2v) is 5.05. The third-order valence-electron chi connectivity index (χ3n) is 3.18. The average Bonchev–Trinajstić information content (AvgIpc) is 2.64. The molecule has 0 aliphatic rings. The summed E-state index contributed by atoms with van der Waals surface area (Å²) < 4.78 is 1.90. The SMILES string of the molecule is Cc1c(CN(C)Cc2ccccc2Cl)cnn1C. The van der Waals surface area contributed by atoms with Gasteiger partial charge in [-0.2, -0.15) is 5.10 Å². The van der Waals surface area contributed by atoms with Gasteiger partial charge in [0.15, 0.2) is 0 Å². The predicted molar refractivity (Wildman–Crippen MR) is 74.6 cm³/mol. The van der Waals surface area contributed by atoms with E-state index >= 15 is 0 Å². The summed E-state index contributed by atoms with van der Waals surface area (Å²) in [5, 5.41) is 5.08. The molecule has 1 heterocycles. The van der Waals surface area contributed by atoms with Crippen LogP contribution in [0.5, 0.6) is 0 Å². The third kappa shape index (κ3) is 2.92. The number of benzene rings is 1. The van der Waals surface area contributed by atoms with E-state index in [2.05, 4.69) is 30.0 Å². The highest BCUT2D eigenvalue weighted by atomic mass is 35.5. The van der Waals surface area contributed by atoms with Crippen LogP contribution < -0.4 is 0 Å². The summed E-state index contributed by atoms with van der Waals surface area (Å²) in [4.78, 5) is 2.24. The van der Waals surface area contributed by atoms with Crippen LogP contribution in [0.3, 0.4) is 0 Å². The highest BCUT2D eigenvalue weighted by molar-refractivity contribution is 6.31. The van der Waals surface area contributed by atoms with Gasteiger partial charge in [0, 0.05) is 36.4 Å². The highest BCUT2D eigenvalue weighted by Crippen LogP contribution is 2.18. The maximum Gasteiger partial charge on any atom is 0.0537 e. The number of rotatable bonds is 4. The van der Waals surface area contributed by atoms with Crippen molar-refractivity contribution in [2.24, 2.45) is 7.05 Å². The lowest BCUT2D eigenvalue weighted by Crippen LogP contribution is -2.17. The van der Waals surface area contributed by atoms with E-state index in [1.165, 1.54) is 11.3 Å². The molecule has 0 radical (unpaired) electrons. The zero-order chi connectivity index (χ0) is 13.1. The first-order valence-corrected chi connectivity index (χ1v) is 6.35. The predicted octanol–water partition coefficient (Wildman–Crippen LogP) is 3.01. The molecule has 1 aromatic carbocycles. The van der Waals surface area contributed by atoms with E-state index in [1.54, 1.807) is 0 Å². The van der Waals surface area contributed by atoms with E-state index in [1.807, 2.05) is 36.1 Å². The van der Waals surface area contributed by atoms with Crippen LogP contribution in [0.25, 0.3) is 0 Å². The van der Waals surface area contributed by atoms with Crippen LogP contribution in [-0.2, 0) is 20.1 Å². The molecular formula is C14H18ClN3. The molecule has 0 spiro atoms. The van der Waals surface area contributed by atoms with E-state index < -0.39 is 0 Å². The van der Waals surface area contributed by atoms with Gasteiger partial charge in [-0.25, -0.2) is 0 Å². The van der Waals surface area contributed by atoms with Crippen molar-refractivity contribution in [3.63, 3.8) is 0 Å². The van der Waals surface area contributed by atoms with Crippen LogP contribution in [0.15, 0.2) is 30.5 Å². The Hall–Kier alpha value is -1.32. The lowest BCUT2D eigenvalue weighted by Gasteiger charge is -2.17. The van der Waals surface area contributed by atoms with Crippen molar-refractivity contribution in [2.75, 3.05) is 7.05 Å². The Morgan fingerprint density at radius 3 is 2.50 bits per heavy atom. The Labute approximate surface area is 113 Å². The van der Waals surface area contributed by atoms with Crippen molar-refractivity contribution in [1.82, 2.24) is 14.7 Å². The molecule has 0 saturated heterocycles. The van der Waals surface area contributed by atoms with E-state index in [-0.39, 0.29) is 0 Å². The third-order valence-corrected chi connectivity index (χ3v) is 3.54. The molecular weight excluding hydrogens is 246 g/mol. The molecule has 0 aliphatic heterocycles. The fourth-order valence-corrected chi connectivity index (χ4v) is 2.16. The molecule has 96 valence electrons. The van der Waals surface area contributed by atoms with Crippen LogP contribution in [0.2, 0.25) is 5.02 Å². The first-order chi connectivity index (χ1) is 8.58. The van der Waals surface area contributed by atoms with Gasteiger partial charge in [0.25, 0.3) is 0 Å². The number of nitrogens with zero attached hydrogens (tertiary/aromatic N) is 3. The van der Waals surface area contributed by atoms with Gasteiger partial charge in [0.05, 0.1) is 6.20 Å². The van der Waals surface area contributed by atoms with Crippen molar-refractivity contribution in [3.8, 4) is 0 Å². The molecule has 0 unspecified atom stereocenters. The monoisotopic (exact) mass is 263 g/mol. The average molecular weight is 264 g/mol. The summed E-state index contributed by atoms with van der Waals surface area (Å²) >= 11 is 6.16. The lowest BCUT2D eigenvalue weighted by atomic mass is 10.2. The molecule has 0 bridgehead atoms. The standard InChI is InChI=1S/C14H18ClN3/c1-11-13(8-16-18(11)3)10-17(2)9-12-6-4-5-7-14(12)15/h4-8H,9-10H2,1-3H3. The molecule has 0 saturated carbocycles. The zero-order valence-electron chi connectivity index (χ0n) is 11.0. The van der Waals surface area contributed by atoms with E-state index in [4.69, 9.17) is 11.6 Å². The van der Waals surface area contributed by atoms with Crippen molar-refractivity contribution < 1.29 is 0 Å². The number of aryl methyl sites for hydroxylation is 1. The van der Waals surface area contributed by atoms with Gasteiger partial charge in [0.1, 0.15) is 0 Å². The number of hydrogen-bond donors (Lipinski definition) is 0. The van der Waals surface area contributed by atoms with Crippen LogP contribution in [0, 0.1) is 6.92 Å². The summed E-state index contributed by atoms with van der Waals surface area (Å²) in [5.41, 5.74) is 3.62. The Morgan fingerprint density at radius 1 is 1.22 bits per heavy atom. The quantitative estimate of drug-likeness (QED) is 0.846. The topological polar surface area (TPSA) is 21.1 Å². The highest BCUT2D eigenvalue weighted by Gasteiger charge is 2.08. The van der Waals surface area contributed by atoms with E-state index in [9.17, 15) is 0 Å². The van der Waals surface area contributed by atoms with Crippen LogP contribution >= 0.6 is 11.6 Å². The van der Waals surface area contributed by atoms with Crippen molar-refractivity contribution in [3.05, 3.63) is 52.3 Å². The molecule has 2 rings (SSSR count). The Bertz CT molecular complexity index is 534.